The first-order valence-electron chi connectivity index (χ1n) is 15.3. The second-order valence-electron chi connectivity index (χ2n) is 12.1. The number of nitrogens with one attached hydrogen (secondary N) is 3. The van der Waals surface area contributed by atoms with E-state index in [0.29, 0.717) is 66.7 Å². The Morgan fingerprint density at radius 2 is 1.93 bits per heavy atom. The number of halogens is 1. The van der Waals surface area contributed by atoms with Crippen molar-refractivity contribution in [3.05, 3.63) is 47.9 Å². The van der Waals surface area contributed by atoms with Gasteiger partial charge in [0, 0.05) is 38.3 Å². The Kier molecular flexibility index (Phi) is 8.04. The predicted molar refractivity (Wildman–Crippen MR) is 163 cm³/mol. The van der Waals surface area contributed by atoms with Crippen LogP contribution in [0.2, 0.25) is 0 Å². The van der Waals surface area contributed by atoms with Crippen molar-refractivity contribution < 1.29 is 14.0 Å². The van der Waals surface area contributed by atoms with Gasteiger partial charge in [0.1, 0.15) is 17.5 Å². The Morgan fingerprint density at radius 3 is 2.65 bits per heavy atom. The van der Waals surface area contributed by atoms with Gasteiger partial charge in [-0.25, -0.2) is 19.3 Å². The standard InChI is InChI=1S/C31H40FN9O2/c1-3-31(30(43)37-21-7-8-21)11-14-41(18-31)26-15-24(35-19(2)36-26)25-17-34-28(38-25)29(42)39-23-6-4-5-22(32)27(23)40-12-9-20(16-33)10-13-40/h4-6,15,17,20-21H,3,7-14,16,18,33H2,1-2H3,(H,34,38)(H,37,43)(H,39,42)/t31-/m1/s1. The number of aromatic amines is 1. The zero-order valence-corrected chi connectivity index (χ0v) is 24.8. The van der Waals surface area contributed by atoms with Crippen molar-refractivity contribution in [3.8, 4) is 11.4 Å². The third kappa shape index (κ3) is 6.06. The summed E-state index contributed by atoms with van der Waals surface area (Å²) >= 11 is 0. The second kappa shape index (κ2) is 11.9. The first-order chi connectivity index (χ1) is 20.8. The molecule has 3 fully saturated rings. The lowest BCUT2D eigenvalue weighted by Crippen LogP contribution is -2.43. The number of anilines is 3. The molecule has 228 valence electrons. The van der Waals surface area contributed by atoms with Crippen LogP contribution in [-0.2, 0) is 4.79 Å². The van der Waals surface area contributed by atoms with E-state index in [9.17, 15) is 14.0 Å². The molecule has 1 aliphatic carbocycles. The largest absolute Gasteiger partial charge is 0.367 e. The van der Waals surface area contributed by atoms with Crippen molar-refractivity contribution in [3.63, 3.8) is 0 Å². The van der Waals surface area contributed by atoms with Crippen molar-refractivity contribution in [2.45, 2.75) is 58.4 Å². The lowest BCUT2D eigenvalue weighted by atomic mass is 9.83. The summed E-state index contributed by atoms with van der Waals surface area (Å²) in [7, 11) is 0. The van der Waals surface area contributed by atoms with Gasteiger partial charge in [-0.15, -0.1) is 0 Å². The molecule has 1 saturated carbocycles. The second-order valence-corrected chi connectivity index (χ2v) is 12.1. The third-order valence-corrected chi connectivity index (χ3v) is 9.14. The summed E-state index contributed by atoms with van der Waals surface area (Å²) in [5.74, 6) is 1.11. The van der Waals surface area contributed by atoms with Gasteiger partial charge in [-0.2, -0.15) is 0 Å². The highest BCUT2D eigenvalue weighted by Crippen LogP contribution is 2.38. The number of carbonyl (C=O) groups excluding carboxylic acids is 2. The van der Waals surface area contributed by atoms with Crippen LogP contribution < -0.4 is 26.2 Å². The van der Waals surface area contributed by atoms with Crippen LogP contribution in [0.25, 0.3) is 11.4 Å². The molecule has 12 heteroatoms. The molecule has 0 bridgehead atoms. The van der Waals surface area contributed by atoms with Crippen LogP contribution >= 0.6 is 0 Å². The number of H-pyrrole nitrogens is 1. The van der Waals surface area contributed by atoms with Gasteiger partial charge >= 0.3 is 0 Å². The summed E-state index contributed by atoms with van der Waals surface area (Å²) in [6.07, 6.45) is 6.97. The molecule has 4 heterocycles. The molecular formula is C31H40FN9O2. The number of hydrogen-bond acceptors (Lipinski definition) is 8. The van der Waals surface area contributed by atoms with E-state index in [2.05, 4.69) is 42.4 Å². The number of carbonyl (C=O) groups is 2. The molecule has 5 N–H and O–H groups in total. The number of hydrogen-bond donors (Lipinski definition) is 4. The van der Waals surface area contributed by atoms with Gasteiger partial charge in [-0.1, -0.05) is 13.0 Å². The van der Waals surface area contributed by atoms with Crippen molar-refractivity contribution in [1.82, 2.24) is 25.3 Å². The quantitative estimate of drug-likeness (QED) is 0.296. The number of rotatable bonds is 9. The van der Waals surface area contributed by atoms with Crippen LogP contribution in [0.1, 0.15) is 61.9 Å². The van der Waals surface area contributed by atoms with Crippen LogP contribution in [0.3, 0.4) is 0 Å². The molecule has 0 radical (unpaired) electrons. The minimum absolute atomic E-state index is 0.0905. The molecule has 3 aromatic rings. The van der Waals surface area contributed by atoms with E-state index in [0.717, 1.165) is 50.9 Å². The summed E-state index contributed by atoms with van der Waals surface area (Å²) < 4.78 is 15.0. The van der Waals surface area contributed by atoms with Gasteiger partial charge in [0.15, 0.2) is 5.82 Å². The van der Waals surface area contributed by atoms with Gasteiger partial charge in [-0.3, -0.25) is 9.59 Å². The monoisotopic (exact) mass is 589 g/mol. The van der Waals surface area contributed by atoms with Gasteiger partial charge in [0.2, 0.25) is 5.91 Å². The smallest absolute Gasteiger partial charge is 0.291 e. The molecule has 2 aromatic heterocycles. The highest BCUT2D eigenvalue weighted by Gasteiger charge is 2.45. The minimum Gasteiger partial charge on any atom is -0.367 e. The molecule has 1 atom stereocenters. The zero-order chi connectivity index (χ0) is 30.1. The SMILES string of the molecule is CC[C@@]1(C(=O)NC2CC2)CCN(c2cc(-c3cnc(C(=O)Nc4cccc(F)c4N4CCC(CN)CC4)[nH]3)nc(C)n2)C1. The fourth-order valence-electron chi connectivity index (χ4n) is 6.20. The topological polar surface area (TPSA) is 145 Å². The number of aryl methyl sites for hydroxylation is 1. The molecular weight excluding hydrogens is 549 g/mol. The van der Waals surface area contributed by atoms with E-state index in [1.54, 1.807) is 18.3 Å². The lowest BCUT2D eigenvalue weighted by molar-refractivity contribution is -0.130. The molecule has 43 heavy (non-hydrogen) atoms. The molecule has 6 rings (SSSR count). The van der Waals surface area contributed by atoms with E-state index in [4.69, 9.17) is 5.73 Å². The van der Waals surface area contributed by atoms with Gasteiger partial charge in [0.05, 0.1) is 34.4 Å². The highest BCUT2D eigenvalue weighted by molar-refractivity contribution is 6.04. The molecule has 1 aromatic carbocycles. The number of benzene rings is 1. The Balaban J connectivity index is 1.17. The van der Waals surface area contributed by atoms with E-state index >= 15 is 0 Å². The number of nitrogens with two attached hydrogens (primary N) is 1. The average molecular weight is 590 g/mol. The Hall–Kier alpha value is -4.06. The maximum Gasteiger partial charge on any atom is 0.291 e. The van der Waals surface area contributed by atoms with E-state index in [1.807, 2.05) is 17.9 Å². The molecule has 3 aliphatic rings. The van der Waals surface area contributed by atoms with Crippen molar-refractivity contribution in [2.24, 2.45) is 17.1 Å². The summed E-state index contributed by atoms with van der Waals surface area (Å²) in [6.45, 7) is 7.17. The van der Waals surface area contributed by atoms with E-state index in [-0.39, 0.29) is 17.5 Å². The fourth-order valence-corrected chi connectivity index (χ4v) is 6.20. The predicted octanol–water partition coefficient (Wildman–Crippen LogP) is 3.63. The van der Waals surface area contributed by atoms with Crippen molar-refractivity contribution in [2.75, 3.05) is 47.8 Å². The fraction of sp³-hybridized carbons (Fsp3) is 0.516. The maximum atomic E-state index is 15.0. The van der Waals surface area contributed by atoms with Crippen LogP contribution in [0.4, 0.5) is 21.6 Å². The summed E-state index contributed by atoms with van der Waals surface area (Å²) in [5.41, 5.74) is 7.33. The van der Waals surface area contributed by atoms with Crippen LogP contribution in [0.5, 0.6) is 0 Å². The van der Waals surface area contributed by atoms with Gasteiger partial charge in [-0.05, 0) is 70.0 Å². The number of imidazole rings is 1. The lowest BCUT2D eigenvalue weighted by Gasteiger charge is -2.34. The zero-order valence-electron chi connectivity index (χ0n) is 24.8. The van der Waals surface area contributed by atoms with Crippen LogP contribution in [0, 0.1) is 24.1 Å². The molecule has 0 unspecified atom stereocenters. The number of aromatic nitrogens is 4. The first-order valence-corrected chi connectivity index (χ1v) is 15.3. The van der Waals surface area contributed by atoms with Gasteiger partial charge < -0.3 is 31.2 Å². The number of amides is 2. The number of para-hydroxylation sites is 1. The van der Waals surface area contributed by atoms with Crippen molar-refractivity contribution in [1.29, 1.82) is 0 Å². The molecule has 2 saturated heterocycles. The third-order valence-electron chi connectivity index (χ3n) is 9.14. The number of nitrogens with zero attached hydrogens (tertiary/aromatic N) is 5. The molecule has 11 nitrogen and oxygen atoms in total. The average Bonchev–Trinajstić information content (AvgIpc) is 3.49. The Labute approximate surface area is 250 Å². The van der Waals surface area contributed by atoms with Crippen LogP contribution in [0.15, 0.2) is 30.5 Å². The maximum absolute atomic E-state index is 15.0. The van der Waals surface area contributed by atoms with E-state index < -0.39 is 11.3 Å². The Bertz CT molecular complexity index is 1500. The van der Waals surface area contributed by atoms with Crippen molar-refractivity contribution >= 4 is 29.0 Å². The first kappa shape index (κ1) is 29.0. The van der Waals surface area contributed by atoms with Gasteiger partial charge in [0.25, 0.3) is 5.91 Å². The summed E-state index contributed by atoms with van der Waals surface area (Å²) in [6, 6.07) is 6.88. The highest BCUT2D eigenvalue weighted by atomic mass is 19.1. The summed E-state index contributed by atoms with van der Waals surface area (Å²) in [4.78, 5) is 47.1. The summed E-state index contributed by atoms with van der Waals surface area (Å²) in [5, 5.41) is 6.04. The minimum atomic E-state index is -0.477. The molecule has 2 aliphatic heterocycles. The molecule has 0 spiro atoms. The van der Waals surface area contributed by atoms with E-state index in [1.165, 1.54) is 6.07 Å². The molecule has 2 amide bonds. The number of piperidine rings is 1. The normalized spacial score (nSPS) is 20.8. The Morgan fingerprint density at radius 1 is 1.14 bits per heavy atom. The van der Waals surface area contributed by atoms with Crippen LogP contribution in [-0.4, -0.2) is 70.5 Å².